The third-order valence-electron chi connectivity index (χ3n) is 6.97. The number of para-hydroxylation sites is 1. The van der Waals surface area contributed by atoms with Gasteiger partial charge in [-0.15, -0.1) is 0 Å². The molecule has 0 aromatic heterocycles. The average molecular weight is 479 g/mol. The molecule has 0 unspecified atom stereocenters. The minimum Gasteiger partial charge on any atom is -0.371 e. The Labute approximate surface area is 206 Å². The Morgan fingerprint density at radius 3 is 2.11 bits per heavy atom. The number of hydrogen-bond donors (Lipinski definition) is 2. The first-order chi connectivity index (χ1) is 16.9. The van der Waals surface area contributed by atoms with Crippen LogP contribution in [0.1, 0.15) is 45.1 Å². The van der Waals surface area contributed by atoms with Crippen LogP contribution < -0.4 is 20.5 Å². The van der Waals surface area contributed by atoms with Gasteiger partial charge in [0.15, 0.2) is 0 Å². The standard InChI is InChI=1S/C26H34N6O3/c1-19-8-12-30(13-9-19)23-17-24(31-14-10-20(2)11-15-31)25(32(34)35)16-21(23)18-27-29-26(33)28-22-6-4-3-5-7-22/h3-7,16-20H,8-15H2,1-2H3,(H2,28,29,33)/b27-18+. The molecule has 2 N–H and O–H groups in total. The largest absolute Gasteiger partial charge is 0.371 e. The van der Waals surface area contributed by atoms with Gasteiger partial charge in [0.1, 0.15) is 5.69 Å². The zero-order valence-electron chi connectivity index (χ0n) is 20.4. The molecular weight excluding hydrogens is 444 g/mol. The van der Waals surface area contributed by atoms with Gasteiger partial charge < -0.3 is 15.1 Å². The van der Waals surface area contributed by atoms with Crippen LogP contribution in [-0.4, -0.2) is 43.3 Å². The van der Waals surface area contributed by atoms with Gasteiger partial charge in [0.25, 0.3) is 5.69 Å². The number of urea groups is 1. The molecule has 4 rings (SSSR count). The Bertz CT molecular complexity index is 1060. The number of hydrazone groups is 1. The van der Waals surface area contributed by atoms with Gasteiger partial charge in [-0.2, -0.15) is 5.10 Å². The molecule has 0 saturated carbocycles. The number of amides is 2. The number of carbonyl (C=O) groups is 1. The van der Waals surface area contributed by atoms with Crippen molar-refractivity contribution in [2.24, 2.45) is 16.9 Å². The zero-order valence-corrected chi connectivity index (χ0v) is 20.4. The lowest BCUT2D eigenvalue weighted by atomic mass is 9.96. The molecule has 0 aliphatic carbocycles. The van der Waals surface area contributed by atoms with E-state index in [0.717, 1.165) is 57.5 Å². The van der Waals surface area contributed by atoms with Crippen LogP contribution in [0.3, 0.4) is 0 Å². The Hall–Kier alpha value is -3.62. The van der Waals surface area contributed by atoms with Gasteiger partial charge in [0, 0.05) is 49.2 Å². The maximum Gasteiger partial charge on any atom is 0.339 e. The predicted molar refractivity (Wildman–Crippen MR) is 141 cm³/mol. The van der Waals surface area contributed by atoms with Gasteiger partial charge >= 0.3 is 6.03 Å². The van der Waals surface area contributed by atoms with Crippen molar-refractivity contribution in [3.8, 4) is 0 Å². The van der Waals surface area contributed by atoms with Crippen molar-refractivity contribution in [1.29, 1.82) is 0 Å². The molecule has 9 nitrogen and oxygen atoms in total. The first-order valence-electron chi connectivity index (χ1n) is 12.4. The van der Waals surface area contributed by atoms with Crippen molar-refractivity contribution in [2.75, 3.05) is 41.3 Å². The first kappa shape index (κ1) is 24.5. The third-order valence-corrected chi connectivity index (χ3v) is 6.97. The summed E-state index contributed by atoms with van der Waals surface area (Å²) in [5.41, 5.74) is 5.41. The molecule has 2 fully saturated rings. The van der Waals surface area contributed by atoms with Crippen LogP contribution in [0.5, 0.6) is 0 Å². The van der Waals surface area contributed by atoms with Crippen LogP contribution >= 0.6 is 0 Å². The number of rotatable bonds is 6. The number of piperidine rings is 2. The molecule has 2 saturated heterocycles. The van der Waals surface area contributed by atoms with Crippen molar-refractivity contribution in [3.63, 3.8) is 0 Å². The average Bonchev–Trinajstić information content (AvgIpc) is 2.85. The number of nitro groups is 1. The van der Waals surface area contributed by atoms with E-state index in [0.29, 0.717) is 28.8 Å². The Kier molecular flexibility index (Phi) is 7.84. The normalized spacial score (nSPS) is 17.5. The summed E-state index contributed by atoms with van der Waals surface area (Å²) in [6.45, 7) is 7.88. The van der Waals surface area contributed by atoms with Crippen LogP contribution in [0.2, 0.25) is 0 Å². The highest BCUT2D eigenvalue weighted by Gasteiger charge is 2.27. The lowest BCUT2D eigenvalue weighted by Gasteiger charge is -2.35. The molecule has 35 heavy (non-hydrogen) atoms. The van der Waals surface area contributed by atoms with Crippen LogP contribution in [-0.2, 0) is 0 Å². The molecule has 2 amide bonds. The number of nitro benzene ring substituents is 1. The quantitative estimate of drug-likeness (QED) is 0.336. The maximum atomic E-state index is 12.2. The van der Waals surface area contributed by atoms with Crippen LogP contribution in [0, 0.1) is 22.0 Å². The van der Waals surface area contributed by atoms with Crippen molar-refractivity contribution in [1.82, 2.24) is 5.43 Å². The SMILES string of the molecule is CC1CCN(c2cc(N3CCC(C)CC3)c([N+](=O)[O-])cc2/C=N/NC(=O)Nc2ccccc2)CC1. The van der Waals surface area contributed by atoms with E-state index in [9.17, 15) is 14.9 Å². The number of carbonyl (C=O) groups excluding carboxylic acids is 1. The van der Waals surface area contributed by atoms with Crippen LogP contribution in [0.15, 0.2) is 47.6 Å². The zero-order chi connectivity index (χ0) is 24.8. The van der Waals surface area contributed by atoms with Gasteiger partial charge in [0.2, 0.25) is 0 Å². The highest BCUT2D eigenvalue weighted by molar-refractivity contribution is 5.94. The Balaban J connectivity index is 1.61. The summed E-state index contributed by atoms with van der Waals surface area (Å²) in [4.78, 5) is 28.4. The molecule has 0 bridgehead atoms. The van der Waals surface area contributed by atoms with Crippen molar-refractivity contribution >= 4 is 35.0 Å². The smallest absolute Gasteiger partial charge is 0.339 e. The molecular formula is C26H34N6O3. The fourth-order valence-corrected chi connectivity index (χ4v) is 4.70. The molecule has 2 aliphatic heterocycles. The second-order valence-electron chi connectivity index (χ2n) is 9.69. The van der Waals surface area contributed by atoms with E-state index in [4.69, 9.17) is 0 Å². The van der Waals surface area contributed by atoms with E-state index in [-0.39, 0.29) is 10.6 Å². The van der Waals surface area contributed by atoms with Crippen LogP contribution in [0.4, 0.5) is 27.5 Å². The molecule has 2 aromatic rings. The molecule has 186 valence electrons. The fraction of sp³-hybridized carbons (Fsp3) is 0.462. The number of anilines is 3. The summed E-state index contributed by atoms with van der Waals surface area (Å²) >= 11 is 0. The second kappa shape index (κ2) is 11.2. The molecule has 0 radical (unpaired) electrons. The van der Waals surface area contributed by atoms with Gasteiger partial charge in [-0.05, 0) is 55.7 Å². The molecule has 2 heterocycles. The summed E-state index contributed by atoms with van der Waals surface area (Å²) in [5.74, 6) is 1.29. The van der Waals surface area contributed by atoms with E-state index in [1.807, 2.05) is 24.3 Å². The summed E-state index contributed by atoms with van der Waals surface area (Å²) in [5, 5.41) is 18.9. The number of nitrogens with zero attached hydrogens (tertiary/aromatic N) is 4. The minimum atomic E-state index is -0.477. The number of hydrogen-bond acceptors (Lipinski definition) is 6. The highest BCUT2D eigenvalue weighted by Crippen LogP contribution is 2.38. The first-order valence-corrected chi connectivity index (χ1v) is 12.4. The van der Waals surface area contributed by atoms with Crippen molar-refractivity contribution in [3.05, 3.63) is 58.1 Å². The highest BCUT2D eigenvalue weighted by atomic mass is 16.6. The van der Waals surface area contributed by atoms with Gasteiger partial charge in [0.05, 0.1) is 11.1 Å². The van der Waals surface area contributed by atoms with Gasteiger partial charge in [-0.25, -0.2) is 10.2 Å². The fourth-order valence-electron chi connectivity index (χ4n) is 4.70. The molecule has 2 aromatic carbocycles. The molecule has 0 spiro atoms. The summed E-state index contributed by atoms with van der Waals surface area (Å²) in [7, 11) is 0. The molecule has 9 heteroatoms. The number of benzene rings is 2. The van der Waals surface area contributed by atoms with E-state index in [1.165, 1.54) is 6.21 Å². The Morgan fingerprint density at radius 2 is 1.54 bits per heavy atom. The van der Waals surface area contributed by atoms with E-state index >= 15 is 0 Å². The number of nitrogens with one attached hydrogen (secondary N) is 2. The summed E-state index contributed by atoms with van der Waals surface area (Å²) < 4.78 is 0. The van der Waals surface area contributed by atoms with Crippen molar-refractivity contribution < 1.29 is 9.72 Å². The monoisotopic (exact) mass is 478 g/mol. The Morgan fingerprint density at radius 1 is 0.971 bits per heavy atom. The second-order valence-corrected chi connectivity index (χ2v) is 9.69. The lowest BCUT2D eigenvalue weighted by Crippen LogP contribution is -2.35. The van der Waals surface area contributed by atoms with Gasteiger partial charge in [-0.3, -0.25) is 10.1 Å². The molecule has 0 atom stereocenters. The van der Waals surface area contributed by atoms with E-state index < -0.39 is 6.03 Å². The van der Waals surface area contributed by atoms with E-state index in [2.05, 4.69) is 39.5 Å². The van der Waals surface area contributed by atoms with Crippen molar-refractivity contribution in [2.45, 2.75) is 39.5 Å². The summed E-state index contributed by atoms with van der Waals surface area (Å²) in [6, 6.07) is 12.2. The molecule has 2 aliphatic rings. The topological polar surface area (TPSA) is 103 Å². The van der Waals surface area contributed by atoms with E-state index in [1.54, 1.807) is 18.2 Å². The maximum absolute atomic E-state index is 12.2. The predicted octanol–water partition coefficient (Wildman–Crippen LogP) is 5.22. The van der Waals surface area contributed by atoms with Gasteiger partial charge in [-0.1, -0.05) is 32.0 Å². The lowest BCUT2D eigenvalue weighted by molar-refractivity contribution is -0.384. The van der Waals surface area contributed by atoms with Crippen LogP contribution in [0.25, 0.3) is 0 Å². The summed E-state index contributed by atoms with van der Waals surface area (Å²) in [6.07, 6.45) is 5.70. The minimum absolute atomic E-state index is 0.0730. The third kappa shape index (κ3) is 6.29.